The second-order valence-electron chi connectivity index (χ2n) is 6.48. The van der Waals surface area contributed by atoms with Crippen LogP contribution in [0.4, 0.5) is 0 Å². The van der Waals surface area contributed by atoms with Crippen molar-refractivity contribution in [2.75, 3.05) is 0 Å². The summed E-state index contributed by atoms with van der Waals surface area (Å²) < 4.78 is 9.04. The SMILES string of the molecule is CCCCc1cccc(-c2oc3ccccc3c2[Se]c2ccccc2)c1. The molecule has 0 radical (unpaired) electrons. The van der Waals surface area contributed by atoms with Crippen molar-refractivity contribution in [2.24, 2.45) is 0 Å². The van der Waals surface area contributed by atoms with Crippen molar-refractivity contribution in [1.82, 2.24) is 0 Å². The predicted molar refractivity (Wildman–Crippen MR) is 112 cm³/mol. The van der Waals surface area contributed by atoms with E-state index in [9.17, 15) is 0 Å². The molecule has 0 saturated heterocycles. The molecule has 4 rings (SSSR count). The molecule has 1 heterocycles. The zero-order valence-electron chi connectivity index (χ0n) is 14.9. The molecule has 0 aliphatic rings. The molecule has 0 amide bonds. The van der Waals surface area contributed by atoms with E-state index in [2.05, 4.69) is 79.7 Å². The van der Waals surface area contributed by atoms with Gasteiger partial charge in [0.1, 0.15) is 0 Å². The summed E-state index contributed by atoms with van der Waals surface area (Å²) in [6.45, 7) is 2.24. The van der Waals surface area contributed by atoms with Crippen LogP contribution in [0.2, 0.25) is 0 Å². The van der Waals surface area contributed by atoms with Crippen LogP contribution in [-0.4, -0.2) is 15.0 Å². The van der Waals surface area contributed by atoms with Gasteiger partial charge in [-0.25, -0.2) is 0 Å². The summed E-state index contributed by atoms with van der Waals surface area (Å²) in [6.07, 6.45) is 3.57. The van der Waals surface area contributed by atoms with Crippen molar-refractivity contribution < 1.29 is 4.42 Å². The van der Waals surface area contributed by atoms with E-state index in [4.69, 9.17) is 4.42 Å². The van der Waals surface area contributed by atoms with Gasteiger partial charge in [0, 0.05) is 0 Å². The Bertz CT molecular complexity index is 1000. The summed E-state index contributed by atoms with van der Waals surface area (Å²) in [5.41, 5.74) is 3.57. The molecular formula is C24H22OSe. The van der Waals surface area contributed by atoms with Gasteiger partial charge in [0.05, 0.1) is 0 Å². The molecule has 0 saturated carbocycles. The first-order chi connectivity index (χ1) is 12.8. The Balaban J connectivity index is 1.80. The Morgan fingerprint density at radius 1 is 0.846 bits per heavy atom. The fourth-order valence-electron chi connectivity index (χ4n) is 3.17. The Morgan fingerprint density at radius 2 is 1.65 bits per heavy atom. The zero-order chi connectivity index (χ0) is 17.8. The molecule has 0 atom stereocenters. The standard InChI is InChI=1S/C24H22OSe/c1-2-3-10-18-11-9-12-19(17-18)23-24(26-20-13-5-4-6-14-20)21-15-7-8-16-22(21)25-23/h4-9,11-17H,2-3,10H2,1H3. The topological polar surface area (TPSA) is 13.1 Å². The number of hydrogen-bond donors (Lipinski definition) is 0. The van der Waals surface area contributed by atoms with E-state index in [0.717, 1.165) is 17.8 Å². The Labute approximate surface area is 161 Å². The van der Waals surface area contributed by atoms with E-state index in [1.807, 2.05) is 6.07 Å². The molecule has 2 heteroatoms. The Morgan fingerprint density at radius 3 is 2.50 bits per heavy atom. The third-order valence-corrected chi connectivity index (χ3v) is 6.87. The first-order valence-corrected chi connectivity index (χ1v) is 10.9. The van der Waals surface area contributed by atoms with Crippen LogP contribution in [0.15, 0.2) is 83.3 Å². The van der Waals surface area contributed by atoms with Crippen LogP contribution in [0.3, 0.4) is 0 Å². The van der Waals surface area contributed by atoms with Gasteiger partial charge in [-0.3, -0.25) is 0 Å². The maximum absolute atomic E-state index is 6.33. The van der Waals surface area contributed by atoms with Gasteiger partial charge in [0.2, 0.25) is 0 Å². The first-order valence-electron chi connectivity index (χ1n) is 9.19. The van der Waals surface area contributed by atoms with Gasteiger partial charge in [-0.2, -0.15) is 0 Å². The third-order valence-electron chi connectivity index (χ3n) is 4.52. The van der Waals surface area contributed by atoms with Gasteiger partial charge in [-0.1, -0.05) is 0 Å². The van der Waals surface area contributed by atoms with E-state index in [-0.39, 0.29) is 15.0 Å². The van der Waals surface area contributed by atoms with E-state index in [1.165, 1.54) is 38.3 Å². The van der Waals surface area contributed by atoms with Crippen molar-refractivity contribution in [2.45, 2.75) is 26.2 Å². The van der Waals surface area contributed by atoms with Gasteiger partial charge in [0.15, 0.2) is 0 Å². The normalized spacial score (nSPS) is 11.1. The number of unbranched alkanes of at least 4 members (excludes halogenated alkanes) is 1. The first kappa shape index (κ1) is 17.1. The van der Waals surface area contributed by atoms with E-state index in [0.29, 0.717) is 0 Å². The summed E-state index contributed by atoms with van der Waals surface area (Å²) in [5, 5.41) is 1.24. The zero-order valence-corrected chi connectivity index (χ0v) is 16.7. The van der Waals surface area contributed by atoms with Gasteiger partial charge in [-0.15, -0.1) is 0 Å². The number of rotatable bonds is 6. The summed E-state index contributed by atoms with van der Waals surface area (Å²) in [5.74, 6) is 1.04. The second kappa shape index (κ2) is 7.95. The number of furan rings is 1. The molecule has 26 heavy (non-hydrogen) atoms. The fraction of sp³-hybridized carbons (Fsp3) is 0.167. The number of benzene rings is 3. The van der Waals surface area contributed by atoms with Crippen LogP contribution in [0.25, 0.3) is 22.3 Å². The molecular weight excluding hydrogens is 383 g/mol. The van der Waals surface area contributed by atoms with Gasteiger partial charge < -0.3 is 0 Å². The molecule has 3 aromatic carbocycles. The third kappa shape index (κ3) is 3.62. The summed E-state index contributed by atoms with van der Waals surface area (Å²) in [7, 11) is 0. The minimum absolute atomic E-state index is 0.211. The number of fused-ring (bicyclic) bond motifs is 1. The fourth-order valence-corrected chi connectivity index (χ4v) is 5.39. The Kier molecular flexibility index (Phi) is 5.24. The number of para-hydroxylation sites is 1. The van der Waals surface area contributed by atoms with Crippen molar-refractivity contribution in [3.05, 3.63) is 84.4 Å². The predicted octanol–water partition coefficient (Wildman–Crippen LogP) is 5.10. The van der Waals surface area contributed by atoms with Crippen LogP contribution in [0.5, 0.6) is 0 Å². The van der Waals surface area contributed by atoms with Crippen molar-refractivity contribution in [1.29, 1.82) is 0 Å². The average Bonchev–Trinajstić information content (AvgIpc) is 3.06. The van der Waals surface area contributed by atoms with Gasteiger partial charge >= 0.3 is 161 Å². The number of aryl methyl sites for hydroxylation is 1. The molecule has 4 aromatic rings. The molecule has 0 N–H and O–H groups in total. The molecule has 0 aliphatic carbocycles. The van der Waals surface area contributed by atoms with E-state index >= 15 is 0 Å². The van der Waals surface area contributed by atoms with Crippen LogP contribution in [0.1, 0.15) is 25.3 Å². The second-order valence-corrected chi connectivity index (χ2v) is 8.75. The van der Waals surface area contributed by atoms with Crippen LogP contribution < -0.4 is 8.92 Å². The quantitative estimate of drug-likeness (QED) is 0.407. The molecule has 1 nitrogen and oxygen atoms in total. The van der Waals surface area contributed by atoms with Crippen LogP contribution in [0, 0.1) is 0 Å². The molecule has 0 aliphatic heterocycles. The maximum atomic E-state index is 6.33. The van der Waals surface area contributed by atoms with Gasteiger partial charge in [0.25, 0.3) is 0 Å². The van der Waals surface area contributed by atoms with Gasteiger partial charge in [-0.05, 0) is 0 Å². The molecule has 0 fully saturated rings. The van der Waals surface area contributed by atoms with E-state index < -0.39 is 0 Å². The monoisotopic (exact) mass is 406 g/mol. The molecule has 130 valence electrons. The van der Waals surface area contributed by atoms with Crippen molar-refractivity contribution in [3.8, 4) is 11.3 Å². The van der Waals surface area contributed by atoms with Crippen LogP contribution in [-0.2, 0) is 6.42 Å². The Hall–Kier alpha value is -2.28. The summed E-state index contributed by atoms with van der Waals surface area (Å²) in [6, 6.07) is 28.0. The van der Waals surface area contributed by atoms with Crippen LogP contribution >= 0.6 is 0 Å². The summed E-state index contributed by atoms with van der Waals surface area (Å²) in [4.78, 5) is 0. The average molecular weight is 405 g/mol. The molecule has 0 unspecified atom stereocenters. The minimum atomic E-state index is 0.211. The molecule has 1 aromatic heterocycles. The van der Waals surface area contributed by atoms with Crippen molar-refractivity contribution in [3.63, 3.8) is 0 Å². The summed E-state index contributed by atoms with van der Waals surface area (Å²) >= 11 is 0.211. The van der Waals surface area contributed by atoms with E-state index in [1.54, 1.807) is 0 Å². The molecule has 0 spiro atoms. The molecule has 0 bridgehead atoms. The van der Waals surface area contributed by atoms with Crippen molar-refractivity contribution >= 4 is 34.8 Å². The number of hydrogen-bond acceptors (Lipinski definition) is 1.